The number of carbonyl (C=O) groups excluding carboxylic acids is 1. The first kappa shape index (κ1) is 13.6. The highest BCUT2D eigenvalue weighted by atomic mass is 16.5. The minimum atomic E-state index is -0.164. The smallest absolute Gasteiger partial charge is 0.323 e. The van der Waals surface area contributed by atoms with Crippen molar-refractivity contribution in [3.05, 3.63) is 35.4 Å². The molecule has 0 saturated carbocycles. The summed E-state index contributed by atoms with van der Waals surface area (Å²) in [7, 11) is 0. The molecule has 0 aromatic heterocycles. The van der Waals surface area contributed by atoms with E-state index in [1.54, 1.807) is 0 Å². The number of hydrogen-bond acceptors (Lipinski definition) is 4. The van der Waals surface area contributed by atoms with Crippen LogP contribution in [0.25, 0.3) is 0 Å². The molecule has 0 unspecified atom stereocenters. The lowest BCUT2D eigenvalue weighted by Gasteiger charge is -2.13. The van der Waals surface area contributed by atoms with E-state index in [2.05, 4.69) is 11.4 Å². The molecule has 1 N–H and O–H groups in total. The van der Waals surface area contributed by atoms with E-state index in [1.165, 1.54) is 5.56 Å². The Morgan fingerprint density at radius 2 is 2.16 bits per heavy atom. The van der Waals surface area contributed by atoms with Crippen LogP contribution in [0.2, 0.25) is 0 Å². The molecule has 1 heterocycles. The van der Waals surface area contributed by atoms with Crippen molar-refractivity contribution >= 4 is 5.97 Å². The maximum absolute atomic E-state index is 11.6. The maximum Gasteiger partial charge on any atom is 0.323 e. The van der Waals surface area contributed by atoms with Crippen molar-refractivity contribution in [1.82, 2.24) is 5.32 Å². The molecule has 1 aromatic carbocycles. The highest BCUT2D eigenvalue weighted by Gasteiger charge is 2.29. The number of carbonyl (C=O) groups is 1. The molecular weight excluding hydrogens is 240 g/mol. The second-order valence-electron chi connectivity index (χ2n) is 4.76. The molecule has 0 spiro atoms. The molecule has 1 aromatic rings. The molecule has 4 heteroatoms. The molecule has 0 radical (unpaired) electrons. The molecule has 4 nitrogen and oxygen atoms in total. The minimum absolute atomic E-state index is 0.148. The molecule has 0 aliphatic carbocycles. The van der Waals surface area contributed by atoms with Crippen LogP contribution in [0.4, 0.5) is 0 Å². The first-order chi connectivity index (χ1) is 9.22. The van der Waals surface area contributed by atoms with Gasteiger partial charge in [0.05, 0.1) is 18.2 Å². The number of nitriles is 1. The van der Waals surface area contributed by atoms with Gasteiger partial charge in [0.15, 0.2) is 0 Å². The number of esters is 1. The third kappa shape index (κ3) is 3.55. The standard InChI is InChI=1S/C15H18N2O2/c1-2-19-15(18)14-8-7-13(17-14)9-11-3-5-12(10-16)6-4-11/h3-6,13-14,17H,2,7-9H2,1H3/t13-,14+/m0/s1. The van der Waals surface area contributed by atoms with Crippen LogP contribution in [0.15, 0.2) is 24.3 Å². The molecule has 2 rings (SSSR count). The van der Waals surface area contributed by atoms with Crippen LogP contribution in [0.5, 0.6) is 0 Å². The second-order valence-corrected chi connectivity index (χ2v) is 4.76. The average molecular weight is 258 g/mol. The monoisotopic (exact) mass is 258 g/mol. The van der Waals surface area contributed by atoms with Gasteiger partial charge in [-0.25, -0.2) is 0 Å². The van der Waals surface area contributed by atoms with Crippen LogP contribution in [0.1, 0.15) is 30.9 Å². The highest BCUT2D eigenvalue weighted by Crippen LogP contribution is 2.18. The summed E-state index contributed by atoms with van der Waals surface area (Å²) in [5.41, 5.74) is 1.86. The Balaban J connectivity index is 1.87. The normalized spacial score (nSPS) is 21.9. The summed E-state index contributed by atoms with van der Waals surface area (Å²) in [5.74, 6) is -0.148. The van der Waals surface area contributed by atoms with Crippen LogP contribution in [-0.4, -0.2) is 24.7 Å². The Morgan fingerprint density at radius 3 is 2.79 bits per heavy atom. The van der Waals surface area contributed by atoms with Crippen molar-refractivity contribution in [2.75, 3.05) is 6.61 Å². The minimum Gasteiger partial charge on any atom is -0.465 e. The Hall–Kier alpha value is -1.86. The summed E-state index contributed by atoms with van der Waals surface area (Å²) in [6, 6.07) is 9.84. The molecule has 100 valence electrons. The van der Waals surface area contributed by atoms with E-state index in [-0.39, 0.29) is 12.0 Å². The Labute approximate surface area is 113 Å². The van der Waals surface area contributed by atoms with Crippen molar-refractivity contribution in [3.63, 3.8) is 0 Å². The molecule has 0 amide bonds. The van der Waals surface area contributed by atoms with Crippen LogP contribution in [0, 0.1) is 11.3 Å². The van der Waals surface area contributed by atoms with E-state index in [0.29, 0.717) is 18.2 Å². The van der Waals surface area contributed by atoms with Gasteiger partial charge in [-0.2, -0.15) is 5.26 Å². The van der Waals surface area contributed by atoms with Gasteiger partial charge < -0.3 is 10.1 Å². The molecule has 1 saturated heterocycles. The average Bonchev–Trinajstić information content (AvgIpc) is 2.88. The largest absolute Gasteiger partial charge is 0.465 e. The number of hydrogen-bond donors (Lipinski definition) is 1. The van der Waals surface area contributed by atoms with Crippen molar-refractivity contribution in [3.8, 4) is 6.07 Å². The maximum atomic E-state index is 11.6. The van der Waals surface area contributed by atoms with Crippen molar-refractivity contribution in [2.45, 2.75) is 38.3 Å². The summed E-state index contributed by atoms with van der Waals surface area (Å²) >= 11 is 0. The van der Waals surface area contributed by atoms with Gasteiger partial charge in [-0.1, -0.05) is 12.1 Å². The molecule has 1 fully saturated rings. The van der Waals surface area contributed by atoms with Crippen molar-refractivity contribution in [2.24, 2.45) is 0 Å². The molecule has 2 atom stereocenters. The lowest BCUT2D eigenvalue weighted by molar-refractivity contribution is -0.145. The molecule has 1 aliphatic heterocycles. The van der Waals surface area contributed by atoms with E-state index >= 15 is 0 Å². The van der Waals surface area contributed by atoms with E-state index in [0.717, 1.165) is 19.3 Å². The summed E-state index contributed by atoms with van der Waals surface area (Å²) in [6.07, 6.45) is 2.69. The Bertz CT molecular complexity index is 476. The zero-order chi connectivity index (χ0) is 13.7. The van der Waals surface area contributed by atoms with Gasteiger partial charge >= 0.3 is 5.97 Å². The first-order valence-corrected chi connectivity index (χ1v) is 6.64. The molecule has 19 heavy (non-hydrogen) atoms. The lowest BCUT2D eigenvalue weighted by atomic mass is 10.0. The number of nitrogens with zero attached hydrogens (tertiary/aromatic N) is 1. The zero-order valence-corrected chi connectivity index (χ0v) is 11.1. The molecule has 0 bridgehead atoms. The van der Waals surface area contributed by atoms with Gasteiger partial charge in [0.2, 0.25) is 0 Å². The summed E-state index contributed by atoms with van der Waals surface area (Å²) in [5, 5.41) is 12.1. The molecule has 1 aliphatic rings. The number of ether oxygens (including phenoxy) is 1. The van der Waals surface area contributed by atoms with Gasteiger partial charge in [0.1, 0.15) is 6.04 Å². The van der Waals surface area contributed by atoms with Gasteiger partial charge in [0, 0.05) is 6.04 Å². The SMILES string of the molecule is CCOC(=O)[C@H]1CC[C@@H](Cc2ccc(C#N)cc2)N1. The Kier molecular flexibility index (Phi) is 4.53. The fourth-order valence-electron chi connectivity index (χ4n) is 2.41. The van der Waals surface area contributed by atoms with Gasteiger partial charge in [0.25, 0.3) is 0 Å². The van der Waals surface area contributed by atoms with E-state index in [4.69, 9.17) is 10.00 Å². The van der Waals surface area contributed by atoms with Crippen molar-refractivity contribution in [1.29, 1.82) is 5.26 Å². The fraction of sp³-hybridized carbons (Fsp3) is 0.467. The second kappa shape index (κ2) is 6.35. The quantitative estimate of drug-likeness (QED) is 0.836. The van der Waals surface area contributed by atoms with Crippen LogP contribution in [-0.2, 0) is 16.0 Å². The van der Waals surface area contributed by atoms with E-state index < -0.39 is 0 Å². The van der Waals surface area contributed by atoms with Gasteiger partial charge in [-0.05, 0) is 43.9 Å². The fourth-order valence-corrected chi connectivity index (χ4v) is 2.41. The number of rotatable bonds is 4. The summed E-state index contributed by atoms with van der Waals surface area (Å²) in [4.78, 5) is 11.6. The highest BCUT2D eigenvalue weighted by molar-refractivity contribution is 5.76. The zero-order valence-electron chi connectivity index (χ0n) is 11.1. The van der Waals surface area contributed by atoms with Gasteiger partial charge in [-0.15, -0.1) is 0 Å². The third-order valence-corrected chi connectivity index (χ3v) is 3.38. The van der Waals surface area contributed by atoms with Gasteiger partial charge in [-0.3, -0.25) is 4.79 Å². The van der Waals surface area contributed by atoms with E-state index in [1.807, 2.05) is 31.2 Å². The lowest BCUT2D eigenvalue weighted by Crippen LogP contribution is -2.37. The van der Waals surface area contributed by atoms with E-state index in [9.17, 15) is 4.79 Å². The van der Waals surface area contributed by atoms with Crippen LogP contribution >= 0.6 is 0 Å². The van der Waals surface area contributed by atoms with Crippen LogP contribution < -0.4 is 5.32 Å². The number of nitrogens with one attached hydrogen (secondary N) is 1. The summed E-state index contributed by atoms with van der Waals surface area (Å²) in [6.45, 7) is 2.25. The predicted molar refractivity (Wildman–Crippen MR) is 71.4 cm³/mol. The molecular formula is C15H18N2O2. The summed E-state index contributed by atoms with van der Waals surface area (Å²) < 4.78 is 5.02. The first-order valence-electron chi connectivity index (χ1n) is 6.64. The predicted octanol–water partition coefficient (Wildman–Crippen LogP) is 1.78. The Morgan fingerprint density at radius 1 is 1.42 bits per heavy atom. The van der Waals surface area contributed by atoms with Crippen LogP contribution in [0.3, 0.4) is 0 Å². The topological polar surface area (TPSA) is 62.1 Å². The number of benzene rings is 1. The third-order valence-electron chi connectivity index (χ3n) is 3.38. The van der Waals surface area contributed by atoms with Crippen molar-refractivity contribution < 1.29 is 9.53 Å².